The molecule has 1 aliphatic rings. The minimum absolute atomic E-state index is 0.181. The first-order valence-electron chi connectivity index (χ1n) is 9.51. The molecule has 0 radical (unpaired) electrons. The van der Waals surface area contributed by atoms with E-state index in [0.29, 0.717) is 49.1 Å². The highest BCUT2D eigenvalue weighted by Crippen LogP contribution is 2.38. The van der Waals surface area contributed by atoms with E-state index in [0.717, 1.165) is 0 Å². The van der Waals surface area contributed by atoms with E-state index in [2.05, 4.69) is 0 Å². The van der Waals surface area contributed by atoms with Crippen LogP contribution in [-0.4, -0.2) is 64.4 Å². The van der Waals surface area contributed by atoms with Crippen molar-refractivity contribution in [3.63, 3.8) is 0 Å². The molecule has 0 N–H and O–H groups in total. The van der Waals surface area contributed by atoms with Crippen LogP contribution in [0.2, 0.25) is 0 Å². The fourth-order valence-corrected chi connectivity index (χ4v) is 3.21. The Morgan fingerprint density at radius 2 is 1.53 bits per heavy atom. The third-order valence-corrected chi connectivity index (χ3v) is 4.77. The van der Waals surface area contributed by atoms with E-state index in [1.807, 2.05) is 6.07 Å². The number of methoxy groups -OCH3 is 3. The summed E-state index contributed by atoms with van der Waals surface area (Å²) in [5, 5.41) is 0. The van der Waals surface area contributed by atoms with Crippen molar-refractivity contribution in [3.8, 4) is 17.2 Å². The van der Waals surface area contributed by atoms with Gasteiger partial charge in [-0.2, -0.15) is 0 Å². The molecule has 1 atom stereocenters. The average Bonchev–Trinajstić information content (AvgIpc) is 2.81. The highest BCUT2D eigenvalue weighted by molar-refractivity contribution is 5.94. The SMILES string of the molecule is COc1cc(C(=O)O[C@H](C(=O)N2CCOCC2)c2ccccc2)cc(OC)c1OC. The maximum atomic E-state index is 13.1. The molecule has 1 fully saturated rings. The third-order valence-electron chi connectivity index (χ3n) is 4.77. The van der Waals surface area contributed by atoms with Gasteiger partial charge in [-0.05, 0) is 12.1 Å². The van der Waals surface area contributed by atoms with Crippen molar-refractivity contribution >= 4 is 11.9 Å². The molecule has 3 rings (SSSR count). The maximum absolute atomic E-state index is 13.1. The van der Waals surface area contributed by atoms with Gasteiger partial charge in [-0.25, -0.2) is 4.79 Å². The highest BCUT2D eigenvalue weighted by atomic mass is 16.6. The van der Waals surface area contributed by atoms with Crippen molar-refractivity contribution < 1.29 is 33.3 Å². The van der Waals surface area contributed by atoms with Gasteiger partial charge < -0.3 is 28.6 Å². The normalized spacial score (nSPS) is 14.6. The number of carbonyl (C=O) groups is 2. The lowest BCUT2D eigenvalue weighted by Crippen LogP contribution is -2.44. The van der Waals surface area contributed by atoms with Gasteiger partial charge in [0, 0.05) is 18.7 Å². The van der Waals surface area contributed by atoms with E-state index in [9.17, 15) is 9.59 Å². The number of hydrogen-bond acceptors (Lipinski definition) is 7. The summed E-state index contributed by atoms with van der Waals surface area (Å²) in [6, 6.07) is 11.9. The van der Waals surface area contributed by atoms with Crippen LogP contribution in [0.1, 0.15) is 22.0 Å². The number of ether oxygens (including phenoxy) is 5. The van der Waals surface area contributed by atoms with Crippen LogP contribution in [0.5, 0.6) is 17.2 Å². The quantitative estimate of drug-likeness (QED) is 0.643. The van der Waals surface area contributed by atoms with Gasteiger partial charge in [0.05, 0.1) is 40.1 Å². The van der Waals surface area contributed by atoms with E-state index in [1.165, 1.54) is 33.5 Å². The Bertz CT molecular complexity index is 853. The molecule has 1 saturated heterocycles. The van der Waals surface area contributed by atoms with Crippen molar-refractivity contribution in [2.75, 3.05) is 47.6 Å². The molecule has 0 unspecified atom stereocenters. The number of amides is 1. The zero-order chi connectivity index (χ0) is 21.5. The lowest BCUT2D eigenvalue weighted by atomic mass is 10.1. The standard InChI is InChI=1S/C22H25NO7/c1-26-17-13-16(14-18(27-2)20(17)28-3)22(25)30-19(15-7-5-4-6-8-15)21(24)23-9-11-29-12-10-23/h4-8,13-14,19H,9-12H2,1-3H3/t19-/m0/s1. The summed E-state index contributed by atoms with van der Waals surface area (Å²) in [4.78, 5) is 27.8. The van der Waals surface area contributed by atoms with E-state index in [4.69, 9.17) is 23.7 Å². The van der Waals surface area contributed by atoms with Crippen LogP contribution >= 0.6 is 0 Å². The third kappa shape index (κ3) is 4.65. The molecule has 0 spiro atoms. The van der Waals surface area contributed by atoms with E-state index >= 15 is 0 Å². The Balaban J connectivity index is 1.90. The van der Waals surface area contributed by atoms with Gasteiger partial charge in [0.15, 0.2) is 11.5 Å². The predicted molar refractivity (Wildman–Crippen MR) is 108 cm³/mol. The van der Waals surface area contributed by atoms with Crippen LogP contribution in [0, 0.1) is 0 Å². The van der Waals surface area contributed by atoms with Gasteiger partial charge in [0.25, 0.3) is 5.91 Å². The second-order valence-electron chi connectivity index (χ2n) is 6.55. The maximum Gasteiger partial charge on any atom is 0.339 e. The molecule has 0 aliphatic carbocycles. The molecule has 1 amide bonds. The summed E-state index contributed by atoms with van der Waals surface area (Å²) in [6.07, 6.45) is -1.07. The van der Waals surface area contributed by atoms with Crippen molar-refractivity contribution in [3.05, 3.63) is 53.6 Å². The molecular formula is C22H25NO7. The number of esters is 1. The summed E-state index contributed by atoms with van der Waals surface area (Å²) >= 11 is 0. The van der Waals surface area contributed by atoms with Gasteiger partial charge in [-0.3, -0.25) is 4.79 Å². The zero-order valence-electron chi connectivity index (χ0n) is 17.3. The van der Waals surface area contributed by atoms with Crippen molar-refractivity contribution in [1.29, 1.82) is 0 Å². The van der Waals surface area contributed by atoms with E-state index < -0.39 is 12.1 Å². The number of nitrogens with zero attached hydrogens (tertiary/aromatic N) is 1. The van der Waals surface area contributed by atoms with Crippen LogP contribution in [0.15, 0.2) is 42.5 Å². The first kappa shape index (κ1) is 21.4. The molecule has 30 heavy (non-hydrogen) atoms. The summed E-state index contributed by atoms with van der Waals surface area (Å²) < 4.78 is 26.9. The van der Waals surface area contributed by atoms with Crippen LogP contribution in [0.25, 0.3) is 0 Å². The van der Waals surface area contributed by atoms with Gasteiger partial charge in [-0.1, -0.05) is 30.3 Å². The molecule has 8 heteroatoms. The number of carbonyl (C=O) groups excluding carboxylic acids is 2. The Morgan fingerprint density at radius 3 is 2.07 bits per heavy atom. The minimum Gasteiger partial charge on any atom is -0.493 e. The van der Waals surface area contributed by atoms with Crippen molar-refractivity contribution in [1.82, 2.24) is 4.90 Å². The second-order valence-corrected chi connectivity index (χ2v) is 6.55. The largest absolute Gasteiger partial charge is 0.493 e. The van der Waals surface area contributed by atoms with Crippen LogP contribution in [0.4, 0.5) is 0 Å². The van der Waals surface area contributed by atoms with Crippen LogP contribution < -0.4 is 14.2 Å². The second kappa shape index (κ2) is 9.98. The molecule has 2 aromatic carbocycles. The Labute approximate surface area is 175 Å². The van der Waals surface area contributed by atoms with Crippen molar-refractivity contribution in [2.45, 2.75) is 6.10 Å². The number of benzene rings is 2. The fraction of sp³-hybridized carbons (Fsp3) is 0.364. The Kier molecular flexibility index (Phi) is 7.13. The first-order valence-corrected chi connectivity index (χ1v) is 9.51. The fourth-order valence-electron chi connectivity index (χ4n) is 3.21. The lowest BCUT2D eigenvalue weighted by molar-refractivity contribution is -0.145. The van der Waals surface area contributed by atoms with Crippen LogP contribution in [-0.2, 0) is 14.3 Å². The summed E-state index contributed by atoms with van der Waals surface area (Å²) in [7, 11) is 4.40. The van der Waals surface area contributed by atoms with E-state index in [-0.39, 0.29) is 11.5 Å². The number of hydrogen-bond donors (Lipinski definition) is 0. The smallest absolute Gasteiger partial charge is 0.339 e. The Hall–Kier alpha value is -3.26. The van der Waals surface area contributed by atoms with Gasteiger partial charge in [0.2, 0.25) is 11.9 Å². The molecule has 160 valence electrons. The van der Waals surface area contributed by atoms with Gasteiger partial charge in [0.1, 0.15) is 0 Å². The number of morpholine rings is 1. The molecule has 1 heterocycles. The average molecular weight is 415 g/mol. The molecule has 0 bridgehead atoms. The minimum atomic E-state index is -1.07. The number of rotatable bonds is 7. The zero-order valence-corrected chi connectivity index (χ0v) is 17.3. The highest BCUT2D eigenvalue weighted by Gasteiger charge is 2.31. The Morgan fingerprint density at radius 1 is 0.933 bits per heavy atom. The molecule has 0 saturated carbocycles. The molecule has 2 aromatic rings. The monoisotopic (exact) mass is 415 g/mol. The lowest BCUT2D eigenvalue weighted by Gasteiger charge is -2.30. The molecule has 0 aromatic heterocycles. The summed E-state index contributed by atoms with van der Waals surface area (Å²) in [5.74, 6) is 0.0368. The molecule has 1 aliphatic heterocycles. The van der Waals surface area contributed by atoms with E-state index in [1.54, 1.807) is 29.2 Å². The summed E-state index contributed by atoms with van der Waals surface area (Å²) in [5.41, 5.74) is 0.773. The van der Waals surface area contributed by atoms with Gasteiger partial charge >= 0.3 is 5.97 Å². The molecular weight excluding hydrogens is 390 g/mol. The van der Waals surface area contributed by atoms with Gasteiger partial charge in [-0.15, -0.1) is 0 Å². The topological polar surface area (TPSA) is 83.5 Å². The summed E-state index contributed by atoms with van der Waals surface area (Å²) in [6.45, 7) is 1.80. The van der Waals surface area contributed by atoms with Crippen molar-refractivity contribution in [2.24, 2.45) is 0 Å². The predicted octanol–water partition coefficient (Wildman–Crippen LogP) is 2.47. The first-order chi connectivity index (χ1) is 14.6. The van der Waals surface area contributed by atoms with Crippen LogP contribution in [0.3, 0.4) is 0 Å². The molecule has 8 nitrogen and oxygen atoms in total.